The molecule has 0 aromatic rings. The molecule has 0 aromatic carbocycles. The molecule has 2 aliphatic rings. The maximum atomic E-state index is 6.16. The highest BCUT2D eigenvalue weighted by molar-refractivity contribution is 4.94. The van der Waals surface area contributed by atoms with Crippen molar-refractivity contribution in [3.8, 4) is 0 Å². The fourth-order valence-electron chi connectivity index (χ4n) is 2.91. The van der Waals surface area contributed by atoms with E-state index in [2.05, 4.69) is 11.8 Å². The summed E-state index contributed by atoms with van der Waals surface area (Å²) in [7, 11) is 0. The molecular weight excluding hydrogens is 160 g/mol. The monoisotopic (exact) mass is 182 g/mol. The number of rotatable bonds is 2. The SMILES string of the molecule is CC1(CN2CCCC2)CCCC1N. The number of hydrogen-bond donors (Lipinski definition) is 1. The van der Waals surface area contributed by atoms with Crippen molar-refractivity contribution in [1.82, 2.24) is 4.90 Å². The Morgan fingerprint density at radius 1 is 1.31 bits per heavy atom. The Bertz CT molecular complexity index is 175. The molecule has 2 nitrogen and oxygen atoms in total. The normalized spacial score (nSPS) is 41.5. The summed E-state index contributed by atoms with van der Waals surface area (Å²) in [5.41, 5.74) is 6.59. The van der Waals surface area contributed by atoms with Crippen LogP contribution in [0.4, 0.5) is 0 Å². The number of hydrogen-bond acceptors (Lipinski definition) is 2. The molecule has 2 N–H and O–H groups in total. The van der Waals surface area contributed by atoms with E-state index in [-0.39, 0.29) is 0 Å². The summed E-state index contributed by atoms with van der Waals surface area (Å²) < 4.78 is 0. The third-order valence-corrected chi connectivity index (χ3v) is 3.94. The van der Waals surface area contributed by atoms with Crippen LogP contribution in [0.15, 0.2) is 0 Å². The van der Waals surface area contributed by atoms with Crippen LogP contribution < -0.4 is 5.73 Å². The van der Waals surface area contributed by atoms with Gasteiger partial charge in [0.15, 0.2) is 0 Å². The van der Waals surface area contributed by atoms with Crippen LogP contribution in [0.25, 0.3) is 0 Å². The van der Waals surface area contributed by atoms with E-state index < -0.39 is 0 Å². The molecule has 1 heterocycles. The molecular formula is C11H22N2. The second-order valence-corrected chi connectivity index (χ2v) is 5.14. The molecule has 0 aromatic heterocycles. The van der Waals surface area contributed by atoms with Crippen molar-refractivity contribution < 1.29 is 0 Å². The highest BCUT2D eigenvalue weighted by Gasteiger charge is 2.37. The van der Waals surface area contributed by atoms with Crippen LogP contribution in [0.2, 0.25) is 0 Å². The molecule has 1 saturated heterocycles. The van der Waals surface area contributed by atoms with E-state index in [1.807, 2.05) is 0 Å². The van der Waals surface area contributed by atoms with Crippen LogP contribution in [0.1, 0.15) is 39.0 Å². The molecule has 1 saturated carbocycles. The Balaban J connectivity index is 1.91. The van der Waals surface area contributed by atoms with Gasteiger partial charge < -0.3 is 10.6 Å². The highest BCUT2D eigenvalue weighted by Crippen LogP contribution is 2.37. The molecule has 76 valence electrons. The summed E-state index contributed by atoms with van der Waals surface area (Å²) in [5.74, 6) is 0. The van der Waals surface area contributed by atoms with E-state index in [1.165, 1.54) is 51.7 Å². The van der Waals surface area contributed by atoms with Gasteiger partial charge in [0.05, 0.1) is 0 Å². The molecule has 2 heteroatoms. The molecule has 2 fully saturated rings. The van der Waals surface area contributed by atoms with E-state index in [4.69, 9.17) is 5.73 Å². The Morgan fingerprint density at radius 2 is 2.00 bits per heavy atom. The average molecular weight is 182 g/mol. The summed E-state index contributed by atoms with van der Waals surface area (Å²) >= 11 is 0. The van der Waals surface area contributed by atoms with Crippen molar-refractivity contribution in [3.05, 3.63) is 0 Å². The van der Waals surface area contributed by atoms with Crippen LogP contribution in [0, 0.1) is 5.41 Å². The summed E-state index contributed by atoms with van der Waals surface area (Å²) in [5, 5.41) is 0. The number of nitrogens with zero attached hydrogens (tertiary/aromatic N) is 1. The van der Waals surface area contributed by atoms with Gasteiger partial charge in [-0.3, -0.25) is 0 Å². The first kappa shape index (κ1) is 9.47. The molecule has 0 bridgehead atoms. The fourth-order valence-corrected chi connectivity index (χ4v) is 2.91. The Kier molecular flexibility index (Phi) is 2.61. The highest BCUT2D eigenvalue weighted by atomic mass is 15.1. The molecule has 1 aliphatic carbocycles. The van der Waals surface area contributed by atoms with Gasteiger partial charge in [-0.2, -0.15) is 0 Å². The number of nitrogens with two attached hydrogens (primary N) is 1. The maximum absolute atomic E-state index is 6.16. The van der Waals surface area contributed by atoms with E-state index in [0.717, 1.165) is 0 Å². The van der Waals surface area contributed by atoms with Crippen LogP contribution in [-0.4, -0.2) is 30.6 Å². The molecule has 2 unspecified atom stereocenters. The molecule has 0 radical (unpaired) electrons. The first-order chi connectivity index (χ1) is 6.21. The van der Waals surface area contributed by atoms with Crippen molar-refractivity contribution in [2.75, 3.05) is 19.6 Å². The Hall–Kier alpha value is -0.0800. The first-order valence-electron chi connectivity index (χ1n) is 5.69. The van der Waals surface area contributed by atoms with Crippen LogP contribution in [0.5, 0.6) is 0 Å². The molecule has 13 heavy (non-hydrogen) atoms. The van der Waals surface area contributed by atoms with Gasteiger partial charge in [-0.25, -0.2) is 0 Å². The van der Waals surface area contributed by atoms with Crippen molar-refractivity contribution in [3.63, 3.8) is 0 Å². The summed E-state index contributed by atoms with van der Waals surface area (Å²) in [6.45, 7) is 6.24. The Labute approximate surface area is 81.5 Å². The van der Waals surface area contributed by atoms with Gasteiger partial charge in [0.1, 0.15) is 0 Å². The van der Waals surface area contributed by atoms with Crippen molar-refractivity contribution in [2.24, 2.45) is 11.1 Å². The van der Waals surface area contributed by atoms with Crippen LogP contribution in [-0.2, 0) is 0 Å². The van der Waals surface area contributed by atoms with E-state index in [1.54, 1.807) is 0 Å². The number of likely N-dealkylation sites (tertiary alicyclic amines) is 1. The molecule has 2 rings (SSSR count). The molecule has 1 aliphatic heterocycles. The summed E-state index contributed by atoms with van der Waals surface area (Å²) in [4.78, 5) is 2.60. The van der Waals surface area contributed by atoms with E-state index in [9.17, 15) is 0 Å². The van der Waals surface area contributed by atoms with Gasteiger partial charge in [-0.05, 0) is 44.2 Å². The quantitative estimate of drug-likeness (QED) is 0.703. The minimum Gasteiger partial charge on any atom is -0.327 e. The lowest BCUT2D eigenvalue weighted by atomic mass is 9.85. The topological polar surface area (TPSA) is 29.3 Å². The third kappa shape index (κ3) is 1.89. The van der Waals surface area contributed by atoms with Crippen LogP contribution >= 0.6 is 0 Å². The van der Waals surface area contributed by atoms with Gasteiger partial charge in [-0.1, -0.05) is 13.3 Å². The third-order valence-electron chi connectivity index (χ3n) is 3.94. The van der Waals surface area contributed by atoms with Crippen molar-refractivity contribution in [1.29, 1.82) is 0 Å². The standard InChI is InChI=1S/C11H22N2/c1-11(6-4-5-10(11)12)9-13-7-2-3-8-13/h10H,2-9,12H2,1H3. The largest absolute Gasteiger partial charge is 0.327 e. The lowest BCUT2D eigenvalue weighted by Crippen LogP contribution is -2.43. The van der Waals surface area contributed by atoms with Crippen LogP contribution in [0.3, 0.4) is 0 Å². The zero-order chi connectivity index (χ0) is 9.31. The van der Waals surface area contributed by atoms with Gasteiger partial charge in [-0.15, -0.1) is 0 Å². The zero-order valence-electron chi connectivity index (χ0n) is 8.76. The molecule has 0 spiro atoms. The zero-order valence-corrected chi connectivity index (χ0v) is 8.76. The van der Waals surface area contributed by atoms with Gasteiger partial charge in [0.25, 0.3) is 0 Å². The Morgan fingerprint density at radius 3 is 2.54 bits per heavy atom. The van der Waals surface area contributed by atoms with E-state index >= 15 is 0 Å². The smallest absolute Gasteiger partial charge is 0.0105 e. The van der Waals surface area contributed by atoms with Gasteiger partial charge in [0.2, 0.25) is 0 Å². The minimum absolute atomic E-state index is 0.421. The average Bonchev–Trinajstić information content (AvgIpc) is 2.65. The summed E-state index contributed by atoms with van der Waals surface area (Å²) in [6, 6.07) is 0.452. The lowest BCUT2D eigenvalue weighted by Gasteiger charge is -2.33. The predicted molar refractivity (Wildman–Crippen MR) is 55.6 cm³/mol. The van der Waals surface area contributed by atoms with Gasteiger partial charge >= 0.3 is 0 Å². The predicted octanol–water partition coefficient (Wildman–Crippen LogP) is 1.60. The van der Waals surface area contributed by atoms with Gasteiger partial charge in [0, 0.05) is 12.6 Å². The second-order valence-electron chi connectivity index (χ2n) is 5.14. The van der Waals surface area contributed by atoms with E-state index in [0.29, 0.717) is 11.5 Å². The maximum Gasteiger partial charge on any atom is 0.0105 e. The summed E-state index contributed by atoms with van der Waals surface area (Å²) in [6.07, 6.45) is 6.71. The first-order valence-corrected chi connectivity index (χ1v) is 5.69. The molecule has 0 amide bonds. The lowest BCUT2D eigenvalue weighted by molar-refractivity contribution is 0.178. The molecule has 2 atom stereocenters. The van der Waals surface area contributed by atoms with Crippen molar-refractivity contribution in [2.45, 2.75) is 45.1 Å². The second kappa shape index (κ2) is 3.58. The van der Waals surface area contributed by atoms with Crippen molar-refractivity contribution >= 4 is 0 Å². The fraction of sp³-hybridized carbons (Fsp3) is 1.00. The minimum atomic E-state index is 0.421.